The van der Waals surface area contributed by atoms with Gasteiger partial charge in [-0.3, -0.25) is 4.79 Å². The zero-order valence-corrected chi connectivity index (χ0v) is 11.2. The highest BCUT2D eigenvalue weighted by molar-refractivity contribution is 5.78. The molecule has 0 radical (unpaired) electrons. The number of hydrogen-bond acceptors (Lipinski definition) is 2. The number of hydrogen-bond donors (Lipinski definition) is 0. The Labute approximate surface area is 114 Å². The minimum Gasteiger partial charge on any atom is -0.298 e. The van der Waals surface area contributed by atoms with Gasteiger partial charge in [0.15, 0.2) is 6.29 Å². The van der Waals surface area contributed by atoms with Crippen molar-refractivity contribution in [1.29, 1.82) is 0 Å². The number of aryl methyl sites for hydroxylation is 1. The summed E-state index contributed by atoms with van der Waals surface area (Å²) in [7, 11) is 0. The van der Waals surface area contributed by atoms with E-state index in [0.29, 0.717) is 0 Å². The first-order valence-corrected chi connectivity index (χ1v) is 5.95. The van der Waals surface area contributed by atoms with Crippen LogP contribution < -0.4 is 0 Å². The smallest absolute Gasteiger partial charge is 0.298 e. The monoisotopic (exact) mass is 282 g/mol. The molecule has 0 saturated carbocycles. The Balaban J connectivity index is 2.65. The second-order valence-corrected chi connectivity index (χ2v) is 4.59. The Morgan fingerprint density at radius 3 is 2.30 bits per heavy atom. The quantitative estimate of drug-likeness (QED) is 0.788. The first-order chi connectivity index (χ1) is 9.25. The molecule has 0 aliphatic rings. The zero-order valence-electron chi connectivity index (χ0n) is 11.2. The van der Waals surface area contributed by atoms with Crippen LogP contribution in [0.1, 0.15) is 32.9 Å². The van der Waals surface area contributed by atoms with Gasteiger partial charge < -0.3 is 0 Å². The lowest BCUT2D eigenvalue weighted by molar-refractivity contribution is -0.137. The molecule has 0 N–H and O–H groups in total. The van der Waals surface area contributed by atoms with Gasteiger partial charge in [0.2, 0.25) is 0 Å². The van der Waals surface area contributed by atoms with E-state index < -0.39 is 11.7 Å². The Bertz CT molecular complexity index is 672. The molecule has 0 unspecified atom stereocenters. The Morgan fingerprint density at radius 1 is 1.20 bits per heavy atom. The Hall–Kier alpha value is -2.11. The van der Waals surface area contributed by atoms with Gasteiger partial charge in [0.1, 0.15) is 0 Å². The van der Waals surface area contributed by atoms with Crippen molar-refractivity contribution in [2.75, 3.05) is 0 Å². The summed E-state index contributed by atoms with van der Waals surface area (Å²) in [5.41, 5.74) is 1.43. The first-order valence-electron chi connectivity index (χ1n) is 5.95. The largest absolute Gasteiger partial charge is 0.417 e. The Morgan fingerprint density at radius 2 is 1.85 bits per heavy atom. The van der Waals surface area contributed by atoms with Crippen molar-refractivity contribution in [2.24, 2.45) is 0 Å². The van der Waals surface area contributed by atoms with Crippen LogP contribution in [-0.4, -0.2) is 16.1 Å². The van der Waals surface area contributed by atoms with Gasteiger partial charge in [0, 0.05) is 11.3 Å². The molecule has 3 nitrogen and oxygen atoms in total. The number of aromatic nitrogens is 2. The van der Waals surface area contributed by atoms with Crippen LogP contribution in [0.2, 0.25) is 0 Å². The summed E-state index contributed by atoms with van der Waals surface area (Å²) >= 11 is 0. The van der Waals surface area contributed by atoms with Crippen LogP contribution in [0.5, 0.6) is 0 Å². The number of alkyl halides is 3. The second-order valence-electron chi connectivity index (χ2n) is 4.59. The average molecular weight is 282 g/mol. The van der Waals surface area contributed by atoms with E-state index in [4.69, 9.17) is 0 Å². The highest BCUT2D eigenvalue weighted by Crippen LogP contribution is 2.33. The molecule has 2 aromatic rings. The van der Waals surface area contributed by atoms with E-state index in [9.17, 15) is 18.0 Å². The SMILES string of the molecule is Cc1nn(-c2ccc(C=O)c(C(F)(F)F)c2)c(C)c1C. The number of benzene rings is 1. The molecule has 2 rings (SSSR count). The average Bonchev–Trinajstić information content (AvgIpc) is 2.65. The van der Waals surface area contributed by atoms with Gasteiger partial charge in [0.05, 0.1) is 16.9 Å². The van der Waals surface area contributed by atoms with Gasteiger partial charge in [0.25, 0.3) is 0 Å². The highest BCUT2D eigenvalue weighted by Gasteiger charge is 2.33. The standard InChI is InChI=1S/C14H13F3N2O/c1-8-9(2)18-19(10(8)3)12-5-4-11(7-20)13(6-12)14(15,16)17/h4-7H,1-3H3. The van der Waals surface area contributed by atoms with Crippen LogP contribution >= 0.6 is 0 Å². The number of nitrogens with zero attached hydrogens (tertiary/aromatic N) is 2. The molecule has 1 aromatic carbocycles. The molecule has 1 aromatic heterocycles. The van der Waals surface area contributed by atoms with Crippen molar-refractivity contribution in [2.45, 2.75) is 26.9 Å². The number of carbonyl (C=O) groups excluding carboxylic acids is 1. The van der Waals surface area contributed by atoms with Crippen LogP contribution in [0.4, 0.5) is 13.2 Å². The minimum atomic E-state index is -4.57. The van der Waals surface area contributed by atoms with Crippen LogP contribution in [0.25, 0.3) is 5.69 Å². The fraction of sp³-hybridized carbons (Fsp3) is 0.286. The van der Waals surface area contributed by atoms with E-state index in [1.54, 1.807) is 13.8 Å². The van der Waals surface area contributed by atoms with E-state index >= 15 is 0 Å². The molecule has 106 valence electrons. The Kier molecular flexibility index (Phi) is 3.41. The fourth-order valence-electron chi connectivity index (χ4n) is 2.00. The summed E-state index contributed by atoms with van der Waals surface area (Å²) in [4.78, 5) is 10.7. The van der Waals surface area contributed by atoms with Crippen LogP contribution in [0, 0.1) is 20.8 Å². The molecular weight excluding hydrogens is 269 g/mol. The molecule has 0 spiro atoms. The van der Waals surface area contributed by atoms with Crippen molar-refractivity contribution in [1.82, 2.24) is 9.78 Å². The van der Waals surface area contributed by atoms with Crippen molar-refractivity contribution in [3.8, 4) is 5.69 Å². The molecular formula is C14H13F3N2O. The van der Waals surface area contributed by atoms with E-state index in [0.717, 1.165) is 29.1 Å². The zero-order chi connectivity index (χ0) is 15.1. The molecule has 0 aliphatic heterocycles. The van der Waals surface area contributed by atoms with E-state index in [1.807, 2.05) is 6.92 Å². The molecule has 0 saturated heterocycles. The van der Waals surface area contributed by atoms with Gasteiger partial charge in [-0.15, -0.1) is 0 Å². The van der Waals surface area contributed by atoms with Crippen LogP contribution in [0.15, 0.2) is 18.2 Å². The summed E-state index contributed by atoms with van der Waals surface area (Å²) in [5.74, 6) is 0. The van der Waals surface area contributed by atoms with Crippen LogP contribution in [0.3, 0.4) is 0 Å². The van der Waals surface area contributed by atoms with E-state index in [1.165, 1.54) is 10.7 Å². The van der Waals surface area contributed by atoms with Crippen molar-refractivity contribution < 1.29 is 18.0 Å². The number of halogens is 3. The maximum absolute atomic E-state index is 12.9. The molecule has 0 amide bonds. The van der Waals surface area contributed by atoms with E-state index in [2.05, 4.69) is 5.10 Å². The third kappa shape index (κ3) is 2.33. The topological polar surface area (TPSA) is 34.9 Å². The molecule has 0 bridgehead atoms. The molecule has 20 heavy (non-hydrogen) atoms. The van der Waals surface area contributed by atoms with Gasteiger partial charge in [-0.1, -0.05) is 0 Å². The lowest BCUT2D eigenvalue weighted by Crippen LogP contribution is -2.11. The lowest BCUT2D eigenvalue weighted by atomic mass is 10.1. The molecule has 0 fully saturated rings. The van der Waals surface area contributed by atoms with Crippen LogP contribution in [-0.2, 0) is 6.18 Å². The summed E-state index contributed by atoms with van der Waals surface area (Å²) < 4.78 is 40.2. The highest BCUT2D eigenvalue weighted by atomic mass is 19.4. The third-order valence-electron chi connectivity index (χ3n) is 3.37. The first kappa shape index (κ1) is 14.3. The van der Waals surface area contributed by atoms with Crippen molar-refractivity contribution in [3.63, 3.8) is 0 Å². The van der Waals surface area contributed by atoms with Gasteiger partial charge in [-0.05, 0) is 44.5 Å². The van der Waals surface area contributed by atoms with E-state index in [-0.39, 0.29) is 17.5 Å². The predicted octanol–water partition coefficient (Wildman–Crippen LogP) is 3.63. The number of carbonyl (C=O) groups is 1. The summed E-state index contributed by atoms with van der Waals surface area (Å²) in [6.45, 7) is 5.44. The maximum Gasteiger partial charge on any atom is 0.417 e. The predicted molar refractivity (Wildman–Crippen MR) is 68.2 cm³/mol. The number of rotatable bonds is 2. The molecule has 0 aliphatic carbocycles. The minimum absolute atomic E-state index is 0.207. The fourth-order valence-corrected chi connectivity index (χ4v) is 2.00. The molecule has 6 heteroatoms. The van der Waals surface area contributed by atoms with Gasteiger partial charge in [-0.2, -0.15) is 18.3 Å². The summed E-state index contributed by atoms with van der Waals surface area (Å²) in [6.07, 6.45) is -4.36. The lowest BCUT2D eigenvalue weighted by Gasteiger charge is -2.12. The van der Waals surface area contributed by atoms with Crippen molar-refractivity contribution >= 4 is 6.29 Å². The van der Waals surface area contributed by atoms with Gasteiger partial charge in [-0.25, -0.2) is 4.68 Å². The second kappa shape index (κ2) is 4.77. The number of aldehydes is 1. The molecule has 1 heterocycles. The van der Waals surface area contributed by atoms with Gasteiger partial charge >= 0.3 is 6.18 Å². The summed E-state index contributed by atoms with van der Waals surface area (Å²) in [5, 5.41) is 4.22. The normalized spacial score (nSPS) is 11.7. The summed E-state index contributed by atoms with van der Waals surface area (Å²) in [6, 6.07) is 3.57. The molecule has 0 atom stereocenters. The van der Waals surface area contributed by atoms with Crippen molar-refractivity contribution in [3.05, 3.63) is 46.3 Å². The maximum atomic E-state index is 12.9. The third-order valence-corrected chi connectivity index (χ3v) is 3.37.